The third kappa shape index (κ3) is 3.95. The Morgan fingerprint density at radius 2 is 1.91 bits per heavy atom. The maximum absolute atomic E-state index is 13.4. The van der Waals surface area contributed by atoms with Gasteiger partial charge in [-0.05, 0) is 71.1 Å². The molecule has 0 saturated carbocycles. The maximum atomic E-state index is 13.4. The second-order valence-corrected chi connectivity index (χ2v) is 8.99. The topological polar surface area (TPSA) is 108 Å². The Kier molecular flexibility index (Phi) is 6.36. The number of aryl methyl sites for hydroxylation is 2. The monoisotopic (exact) mass is 515 g/mol. The van der Waals surface area contributed by atoms with E-state index in [0.29, 0.717) is 46.6 Å². The van der Waals surface area contributed by atoms with Gasteiger partial charge in [0, 0.05) is 31.4 Å². The van der Waals surface area contributed by atoms with Gasteiger partial charge in [0.2, 0.25) is 0 Å². The third-order valence-corrected chi connectivity index (χ3v) is 6.50. The third-order valence-electron chi connectivity index (χ3n) is 5.90. The summed E-state index contributed by atoms with van der Waals surface area (Å²) in [6, 6.07) is 6.75. The van der Waals surface area contributed by atoms with Gasteiger partial charge in [-0.15, -0.1) is 0 Å². The molecule has 0 saturated heterocycles. The highest BCUT2D eigenvalue weighted by atomic mass is 79.9. The Balaban J connectivity index is 1.93. The average molecular weight is 516 g/mol. The average Bonchev–Trinajstić information content (AvgIpc) is 3.32. The van der Waals surface area contributed by atoms with E-state index in [4.69, 9.17) is 9.47 Å². The molecule has 1 aliphatic heterocycles. The molecule has 0 fully saturated rings. The van der Waals surface area contributed by atoms with Crippen LogP contribution in [0.4, 0.5) is 0 Å². The molecule has 0 spiro atoms. The normalized spacial score (nSPS) is 15.2. The highest BCUT2D eigenvalue weighted by molar-refractivity contribution is 9.10. The van der Waals surface area contributed by atoms with Crippen molar-refractivity contribution in [1.29, 1.82) is 0 Å². The number of nitrogens with zero attached hydrogens (tertiary/aromatic N) is 2. The fraction of sp³-hybridized carbons (Fsp3) is 0.333. The van der Waals surface area contributed by atoms with Crippen LogP contribution in [0.5, 0.6) is 17.2 Å². The van der Waals surface area contributed by atoms with E-state index in [1.54, 1.807) is 24.1 Å². The first-order valence-corrected chi connectivity index (χ1v) is 11.3. The molecule has 8 nitrogen and oxygen atoms in total. The van der Waals surface area contributed by atoms with Gasteiger partial charge in [-0.2, -0.15) is 5.10 Å². The highest BCUT2D eigenvalue weighted by Gasteiger charge is 2.42. The van der Waals surface area contributed by atoms with Crippen LogP contribution in [-0.4, -0.2) is 58.6 Å². The number of halogens is 1. The number of hydrogen-bond donors (Lipinski definition) is 3. The Morgan fingerprint density at radius 3 is 2.61 bits per heavy atom. The maximum Gasteiger partial charge on any atom is 0.273 e. The second kappa shape index (κ2) is 9.07. The number of benzene rings is 2. The van der Waals surface area contributed by atoms with Crippen LogP contribution in [0.2, 0.25) is 0 Å². The van der Waals surface area contributed by atoms with Gasteiger partial charge in [0.15, 0.2) is 11.5 Å². The molecule has 1 unspecified atom stereocenters. The first-order chi connectivity index (χ1) is 15.8. The van der Waals surface area contributed by atoms with Crippen molar-refractivity contribution in [1.82, 2.24) is 15.1 Å². The molecule has 3 aromatic rings. The highest BCUT2D eigenvalue weighted by Crippen LogP contribution is 2.47. The number of methoxy groups -OCH3 is 2. The number of phenols is 2. The number of carbonyl (C=O) groups is 1. The van der Waals surface area contributed by atoms with Gasteiger partial charge in [0.1, 0.15) is 17.1 Å². The van der Waals surface area contributed by atoms with Crippen LogP contribution in [0.15, 0.2) is 28.7 Å². The minimum Gasteiger partial charge on any atom is -0.507 e. The Morgan fingerprint density at radius 1 is 1.15 bits per heavy atom. The zero-order valence-electron chi connectivity index (χ0n) is 18.9. The molecule has 0 bridgehead atoms. The number of ether oxygens (including phenoxy) is 2. The zero-order valence-corrected chi connectivity index (χ0v) is 20.5. The summed E-state index contributed by atoms with van der Waals surface area (Å²) in [5.74, 6) is 0.216. The Hall–Kier alpha value is -3.04. The number of rotatable bonds is 7. The molecule has 174 valence electrons. The minimum atomic E-state index is -0.496. The summed E-state index contributed by atoms with van der Waals surface area (Å²) in [6.45, 7) is 4.75. The van der Waals surface area contributed by atoms with Crippen molar-refractivity contribution in [2.45, 2.75) is 26.3 Å². The SMILES string of the molecule is COCCCN1C(=O)c2[nH]nc(-c3cc(C)cc(C)c3O)c2C1c1cc(Br)c(O)c(OC)c1. The van der Waals surface area contributed by atoms with Crippen molar-refractivity contribution in [2.24, 2.45) is 0 Å². The van der Waals surface area contributed by atoms with Crippen molar-refractivity contribution in [3.05, 3.63) is 56.7 Å². The van der Waals surface area contributed by atoms with Gasteiger partial charge in [-0.1, -0.05) is 6.07 Å². The first kappa shape index (κ1) is 23.1. The number of amides is 1. The van der Waals surface area contributed by atoms with E-state index >= 15 is 0 Å². The first-order valence-electron chi connectivity index (χ1n) is 10.5. The van der Waals surface area contributed by atoms with Crippen molar-refractivity contribution in [3.63, 3.8) is 0 Å². The van der Waals surface area contributed by atoms with Crippen LogP contribution in [0.1, 0.15) is 45.2 Å². The molecule has 9 heteroatoms. The number of aromatic amines is 1. The summed E-state index contributed by atoms with van der Waals surface area (Å²) < 4.78 is 11.0. The van der Waals surface area contributed by atoms with Crippen molar-refractivity contribution in [3.8, 4) is 28.5 Å². The predicted molar refractivity (Wildman–Crippen MR) is 127 cm³/mol. The summed E-state index contributed by atoms with van der Waals surface area (Å²) in [6.07, 6.45) is 0.650. The molecule has 1 aliphatic rings. The molecule has 0 radical (unpaired) electrons. The lowest BCUT2D eigenvalue weighted by Crippen LogP contribution is -2.31. The summed E-state index contributed by atoms with van der Waals surface area (Å²) in [5.41, 5.74) is 4.59. The fourth-order valence-corrected chi connectivity index (χ4v) is 4.87. The van der Waals surface area contributed by atoms with Crippen molar-refractivity contribution < 1.29 is 24.5 Å². The number of hydrogen-bond acceptors (Lipinski definition) is 6. The molecule has 1 amide bonds. The molecule has 1 atom stereocenters. The van der Waals surface area contributed by atoms with Crippen LogP contribution >= 0.6 is 15.9 Å². The van der Waals surface area contributed by atoms with Crippen molar-refractivity contribution in [2.75, 3.05) is 27.4 Å². The predicted octanol–water partition coefficient (Wildman–Crippen LogP) is 4.46. The minimum absolute atomic E-state index is 0.0175. The van der Waals surface area contributed by atoms with Gasteiger partial charge in [-0.3, -0.25) is 9.89 Å². The lowest BCUT2D eigenvalue weighted by Gasteiger charge is -2.27. The Bertz CT molecular complexity index is 1220. The van der Waals surface area contributed by atoms with Gasteiger partial charge in [0.25, 0.3) is 5.91 Å². The second-order valence-electron chi connectivity index (χ2n) is 8.14. The Labute approximate surface area is 200 Å². The summed E-state index contributed by atoms with van der Waals surface area (Å²) in [7, 11) is 3.10. The van der Waals surface area contributed by atoms with E-state index in [2.05, 4.69) is 26.1 Å². The fourth-order valence-electron chi connectivity index (χ4n) is 4.41. The zero-order chi connectivity index (χ0) is 23.9. The van der Waals surface area contributed by atoms with E-state index in [1.807, 2.05) is 26.0 Å². The van der Waals surface area contributed by atoms with E-state index in [0.717, 1.165) is 16.7 Å². The van der Waals surface area contributed by atoms with E-state index in [1.165, 1.54) is 7.11 Å². The molecule has 0 aliphatic carbocycles. The molecule has 3 N–H and O–H groups in total. The number of fused-ring (bicyclic) bond motifs is 1. The number of H-pyrrole nitrogens is 1. The van der Waals surface area contributed by atoms with Gasteiger partial charge < -0.3 is 24.6 Å². The summed E-state index contributed by atoms with van der Waals surface area (Å²) >= 11 is 3.39. The molecule has 1 aromatic heterocycles. The number of phenolic OH excluding ortho intramolecular Hbond substituents is 2. The van der Waals surface area contributed by atoms with Crippen LogP contribution in [0.25, 0.3) is 11.3 Å². The van der Waals surface area contributed by atoms with Gasteiger partial charge >= 0.3 is 0 Å². The smallest absolute Gasteiger partial charge is 0.273 e. The lowest BCUT2D eigenvalue weighted by atomic mass is 9.94. The molecule has 2 aromatic carbocycles. The van der Waals surface area contributed by atoms with E-state index in [-0.39, 0.29) is 23.2 Å². The molecule has 2 heterocycles. The lowest BCUT2D eigenvalue weighted by molar-refractivity contribution is 0.0723. The number of nitrogens with one attached hydrogen (secondary N) is 1. The summed E-state index contributed by atoms with van der Waals surface area (Å²) in [4.78, 5) is 15.2. The quantitative estimate of drug-likeness (QED) is 0.401. The number of aromatic hydroxyl groups is 2. The molecule has 33 heavy (non-hydrogen) atoms. The van der Waals surface area contributed by atoms with Crippen LogP contribution in [0, 0.1) is 13.8 Å². The number of aromatic nitrogens is 2. The standard InChI is InChI=1S/C24H26BrN3O5/c1-12-8-13(2)22(29)15(9-12)19-18-20(27-26-19)24(31)28(6-5-7-32-3)21(18)14-10-16(25)23(30)17(11-14)33-4/h8-11,21,29-30H,5-7H2,1-4H3,(H,26,27). The molecular weight excluding hydrogens is 490 g/mol. The van der Waals surface area contributed by atoms with Crippen molar-refractivity contribution >= 4 is 21.8 Å². The van der Waals surface area contributed by atoms with Crippen LogP contribution < -0.4 is 4.74 Å². The number of carbonyl (C=O) groups excluding carboxylic acids is 1. The summed E-state index contributed by atoms with van der Waals surface area (Å²) in [5, 5.41) is 28.5. The van der Waals surface area contributed by atoms with Crippen LogP contribution in [-0.2, 0) is 4.74 Å². The molecular formula is C24H26BrN3O5. The van der Waals surface area contributed by atoms with Gasteiger partial charge in [-0.25, -0.2) is 0 Å². The van der Waals surface area contributed by atoms with E-state index in [9.17, 15) is 15.0 Å². The largest absolute Gasteiger partial charge is 0.507 e. The molecule has 4 rings (SSSR count). The van der Waals surface area contributed by atoms with E-state index < -0.39 is 6.04 Å². The van der Waals surface area contributed by atoms with Crippen LogP contribution in [0.3, 0.4) is 0 Å². The van der Waals surface area contributed by atoms with Gasteiger partial charge in [0.05, 0.1) is 17.6 Å².